The summed E-state index contributed by atoms with van der Waals surface area (Å²) in [7, 11) is 4.14. The molecular weight excluding hydrogens is 202 g/mol. The molecule has 2 aliphatic rings. The molecule has 2 saturated heterocycles. The largest absolute Gasteiger partial charge is 0.342 e. The van der Waals surface area contributed by atoms with Gasteiger partial charge in [-0.25, -0.2) is 0 Å². The second-order valence-corrected chi connectivity index (χ2v) is 5.16. The van der Waals surface area contributed by atoms with E-state index in [9.17, 15) is 4.79 Å². The number of rotatable bonds is 2. The molecule has 1 amide bonds. The number of likely N-dealkylation sites (tertiary alicyclic amines) is 1. The zero-order valence-corrected chi connectivity index (χ0v) is 10.4. The Labute approximate surface area is 98.0 Å². The van der Waals surface area contributed by atoms with Gasteiger partial charge in [0.15, 0.2) is 0 Å². The molecule has 2 atom stereocenters. The fourth-order valence-corrected chi connectivity index (χ4v) is 2.84. The van der Waals surface area contributed by atoms with Gasteiger partial charge in [-0.15, -0.1) is 0 Å². The van der Waals surface area contributed by atoms with Gasteiger partial charge in [0.25, 0.3) is 0 Å². The molecule has 2 fully saturated rings. The van der Waals surface area contributed by atoms with Gasteiger partial charge in [-0.3, -0.25) is 4.79 Å². The van der Waals surface area contributed by atoms with Crippen molar-refractivity contribution in [2.75, 3.05) is 40.3 Å². The van der Waals surface area contributed by atoms with Gasteiger partial charge in [0.1, 0.15) is 0 Å². The number of hydrogen-bond donors (Lipinski definition) is 1. The zero-order valence-electron chi connectivity index (χ0n) is 10.4. The first-order chi connectivity index (χ1) is 7.70. The first-order valence-electron chi connectivity index (χ1n) is 6.36. The van der Waals surface area contributed by atoms with E-state index >= 15 is 0 Å². The molecule has 4 heteroatoms. The third-order valence-electron chi connectivity index (χ3n) is 3.85. The summed E-state index contributed by atoms with van der Waals surface area (Å²) < 4.78 is 0. The molecule has 16 heavy (non-hydrogen) atoms. The van der Waals surface area contributed by atoms with Gasteiger partial charge >= 0.3 is 0 Å². The lowest BCUT2D eigenvalue weighted by Gasteiger charge is -2.37. The average Bonchev–Trinajstić information content (AvgIpc) is 2.81. The lowest BCUT2D eigenvalue weighted by atomic mass is 9.90. The van der Waals surface area contributed by atoms with Crippen molar-refractivity contribution in [3.63, 3.8) is 0 Å². The molecule has 0 aromatic carbocycles. The Bertz CT molecular complexity index is 249. The second kappa shape index (κ2) is 5.15. The molecule has 0 saturated carbocycles. The summed E-state index contributed by atoms with van der Waals surface area (Å²) in [5, 5.41) is 3.38. The third-order valence-corrected chi connectivity index (χ3v) is 3.85. The Hall–Kier alpha value is -0.610. The van der Waals surface area contributed by atoms with E-state index in [4.69, 9.17) is 0 Å². The van der Waals surface area contributed by atoms with Crippen molar-refractivity contribution in [2.24, 2.45) is 5.92 Å². The van der Waals surface area contributed by atoms with Gasteiger partial charge < -0.3 is 15.1 Å². The minimum atomic E-state index is 0.203. The lowest BCUT2D eigenvalue weighted by molar-refractivity contribution is -0.137. The summed E-state index contributed by atoms with van der Waals surface area (Å²) in [5.41, 5.74) is 0. The van der Waals surface area contributed by atoms with Crippen molar-refractivity contribution >= 4 is 5.91 Å². The molecule has 4 nitrogen and oxygen atoms in total. The quantitative estimate of drug-likeness (QED) is 0.726. The zero-order chi connectivity index (χ0) is 11.5. The molecule has 0 aromatic rings. The van der Waals surface area contributed by atoms with E-state index in [2.05, 4.69) is 29.2 Å². The van der Waals surface area contributed by atoms with Gasteiger partial charge in [0.2, 0.25) is 5.91 Å². The Morgan fingerprint density at radius 2 is 2.00 bits per heavy atom. The highest BCUT2D eigenvalue weighted by Crippen LogP contribution is 2.21. The van der Waals surface area contributed by atoms with Gasteiger partial charge in [0, 0.05) is 25.7 Å². The Balaban J connectivity index is 2.01. The molecule has 1 N–H and O–H groups in total. The van der Waals surface area contributed by atoms with E-state index in [1.54, 1.807) is 0 Å². The predicted molar refractivity (Wildman–Crippen MR) is 64.3 cm³/mol. The van der Waals surface area contributed by atoms with Crippen LogP contribution in [0.15, 0.2) is 0 Å². The highest BCUT2D eigenvalue weighted by Gasteiger charge is 2.35. The molecule has 0 bridgehead atoms. The summed E-state index contributed by atoms with van der Waals surface area (Å²) >= 11 is 0. The van der Waals surface area contributed by atoms with Crippen LogP contribution in [0, 0.1) is 5.92 Å². The number of nitrogens with one attached hydrogen (secondary N) is 1. The molecule has 0 unspecified atom stereocenters. The van der Waals surface area contributed by atoms with Crippen LogP contribution in [0.3, 0.4) is 0 Å². The first kappa shape index (κ1) is 11.9. The van der Waals surface area contributed by atoms with Crippen LogP contribution in [0.1, 0.15) is 19.3 Å². The van der Waals surface area contributed by atoms with Crippen LogP contribution in [0.25, 0.3) is 0 Å². The first-order valence-corrected chi connectivity index (χ1v) is 6.36. The summed E-state index contributed by atoms with van der Waals surface area (Å²) in [5.74, 6) is 0.590. The maximum Gasteiger partial charge on any atom is 0.227 e. The van der Waals surface area contributed by atoms with E-state index in [-0.39, 0.29) is 5.92 Å². The topological polar surface area (TPSA) is 35.6 Å². The van der Waals surface area contributed by atoms with Gasteiger partial charge in [-0.2, -0.15) is 0 Å². The maximum absolute atomic E-state index is 12.4. The summed E-state index contributed by atoms with van der Waals surface area (Å²) in [6.45, 7) is 3.87. The van der Waals surface area contributed by atoms with Crippen LogP contribution < -0.4 is 5.32 Å². The molecule has 0 radical (unpaired) electrons. The smallest absolute Gasteiger partial charge is 0.227 e. The van der Waals surface area contributed by atoms with Crippen molar-refractivity contribution < 1.29 is 4.79 Å². The number of amides is 1. The third kappa shape index (κ3) is 2.38. The van der Waals surface area contributed by atoms with Crippen molar-refractivity contribution in [3.05, 3.63) is 0 Å². The average molecular weight is 225 g/mol. The number of piperidine rings is 1. The lowest BCUT2D eigenvalue weighted by Crippen LogP contribution is -2.53. The van der Waals surface area contributed by atoms with Crippen molar-refractivity contribution in [3.8, 4) is 0 Å². The normalized spacial score (nSPS) is 31.1. The summed E-state index contributed by atoms with van der Waals surface area (Å²) in [6, 6.07) is 0.363. The van der Waals surface area contributed by atoms with Crippen molar-refractivity contribution in [2.45, 2.75) is 25.3 Å². The minimum absolute atomic E-state index is 0.203. The van der Waals surface area contributed by atoms with E-state index in [0.29, 0.717) is 11.9 Å². The summed E-state index contributed by atoms with van der Waals surface area (Å²) in [6.07, 6.45) is 3.35. The minimum Gasteiger partial charge on any atom is -0.342 e. The van der Waals surface area contributed by atoms with E-state index in [1.807, 2.05) is 0 Å². The standard InChI is InChI=1S/C12H23N3O/c1-14(2)11-9-13-6-5-10(11)12(16)15-7-3-4-8-15/h10-11,13H,3-9H2,1-2H3/t10-,11-/m0/s1. The molecule has 2 rings (SSSR count). The van der Waals surface area contributed by atoms with E-state index in [0.717, 1.165) is 32.6 Å². The van der Waals surface area contributed by atoms with E-state index < -0.39 is 0 Å². The predicted octanol–water partition coefficient (Wildman–Crippen LogP) is 0.149. The number of carbonyl (C=O) groups is 1. The number of hydrogen-bond acceptors (Lipinski definition) is 3. The molecular formula is C12H23N3O. The highest BCUT2D eigenvalue weighted by molar-refractivity contribution is 5.80. The molecule has 0 aliphatic carbocycles. The number of likely N-dealkylation sites (N-methyl/N-ethyl adjacent to an activating group) is 1. The summed E-state index contributed by atoms with van der Waals surface area (Å²) in [4.78, 5) is 16.6. The van der Waals surface area contributed by atoms with E-state index in [1.165, 1.54) is 12.8 Å². The monoisotopic (exact) mass is 225 g/mol. The van der Waals surface area contributed by atoms with Crippen LogP contribution >= 0.6 is 0 Å². The van der Waals surface area contributed by atoms with Crippen LogP contribution in [0.2, 0.25) is 0 Å². The molecule has 0 aromatic heterocycles. The highest BCUT2D eigenvalue weighted by atomic mass is 16.2. The van der Waals surface area contributed by atoms with Crippen LogP contribution in [-0.2, 0) is 4.79 Å². The fraction of sp³-hybridized carbons (Fsp3) is 0.917. The van der Waals surface area contributed by atoms with Crippen molar-refractivity contribution in [1.82, 2.24) is 15.1 Å². The molecule has 2 heterocycles. The maximum atomic E-state index is 12.4. The van der Waals surface area contributed by atoms with Crippen LogP contribution in [0.4, 0.5) is 0 Å². The van der Waals surface area contributed by atoms with Crippen LogP contribution in [0.5, 0.6) is 0 Å². The molecule has 92 valence electrons. The Morgan fingerprint density at radius 1 is 1.31 bits per heavy atom. The number of carbonyl (C=O) groups excluding carboxylic acids is 1. The Morgan fingerprint density at radius 3 is 2.62 bits per heavy atom. The van der Waals surface area contributed by atoms with Gasteiger partial charge in [-0.1, -0.05) is 0 Å². The Kier molecular flexibility index (Phi) is 3.82. The fourth-order valence-electron chi connectivity index (χ4n) is 2.84. The second-order valence-electron chi connectivity index (χ2n) is 5.16. The SMILES string of the molecule is CN(C)[C@H]1CNCC[C@@H]1C(=O)N1CCCC1. The van der Waals surface area contributed by atoms with Crippen LogP contribution in [-0.4, -0.2) is 62.0 Å². The van der Waals surface area contributed by atoms with Gasteiger partial charge in [-0.05, 0) is 39.9 Å². The number of nitrogens with zero attached hydrogens (tertiary/aromatic N) is 2. The van der Waals surface area contributed by atoms with Gasteiger partial charge in [0.05, 0.1) is 5.92 Å². The molecule has 0 spiro atoms. The molecule has 2 aliphatic heterocycles. The van der Waals surface area contributed by atoms with Crippen molar-refractivity contribution in [1.29, 1.82) is 0 Å².